The zero-order valence-corrected chi connectivity index (χ0v) is 15.6. The SMILES string of the molecule is Cn1cnc2cc(-c3cc(OCC4CNC(=O)C4)c4cccnc4c3)ccc21. The quantitative estimate of drug-likeness (QED) is 0.597. The molecule has 1 aliphatic heterocycles. The lowest BCUT2D eigenvalue weighted by Crippen LogP contribution is -2.16. The lowest BCUT2D eigenvalue weighted by atomic mass is 10.0. The van der Waals surface area contributed by atoms with Gasteiger partial charge in [0.25, 0.3) is 0 Å². The summed E-state index contributed by atoms with van der Waals surface area (Å²) in [6, 6.07) is 14.3. The lowest BCUT2D eigenvalue weighted by Gasteiger charge is -2.14. The molecule has 0 radical (unpaired) electrons. The second-order valence-electron chi connectivity index (χ2n) is 7.29. The van der Waals surface area contributed by atoms with Crippen LogP contribution in [0.3, 0.4) is 0 Å². The second-order valence-corrected chi connectivity index (χ2v) is 7.29. The fraction of sp³-hybridized carbons (Fsp3) is 0.227. The number of carbonyl (C=O) groups is 1. The standard InChI is InChI=1S/C22H20N4O2/c1-26-13-25-19-8-15(4-5-20(19)26)16-9-18-17(3-2-6-23-18)21(10-16)28-12-14-7-22(27)24-11-14/h2-6,8-10,13-14H,7,11-12H2,1H3,(H,24,27). The summed E-state index contributed by atoms with van der Waals surface area (Å²) >= 11 is 0. The average molecular weight is 372 g/mol. The Hall–Kier alpha value is -3.41. The van der Waals surface area contributed by atoms with Crippen molar-refractivity contribution >= 4 is 27.8 Å². The number of carbonyl (C=O) groups excluding carboxylic acids is 1. The third kappa shape index (κ3) is 2.97. The molecule has 5 rings (SSSR count). The van der Waals surface area contributed by atoms with Crippen LogP contribution < -0.4 is 10.1 Å². The molecule has 1 aliphatic rings. The number of hydrogen-bond acceptors (Lipinski definition) is 4. The molecule has 6 nitrogen and oxygen atoms in total. The predicted molar refractivity (Wildman–Crippen MR) is 108 cm³/mol. The van der Waals surface area contributed by atoms with Crippen LogP contribution in [0.25, 0.3) is 33.1 Å². The van der Waals surface area contributed by atoms with Gasteiger partial charge in [-0.05, 0) is 47.5 Å². The maximum Gasteiger partial charge on any atom is 0.220 e. The van der Waals surface area contributed by atoms with Gasteiger partial charge in [0, 0.05) is 37.5 Å². The fourth-order valence-corrected chi connectivity index (χ4v) is 3.74. The van der Waals surface area contributed by atoms with Gasteiger partial charge >= 0.3 is 0 Å². The lowest BCUT2D eigenvalue weighted by molar-refractivity contribution is -0.119. The Balaban J connectivity index is 1.54. The minimum absolute atomic E-state index is 0.0949. The van der Waals surface area contributed by atoms with E-state index in [1.54, 1.807) is 6.20 Å². The Labute approximate surface area is 162 Å². The normalized spacial score (nSPS) is 16.6. The Kier molecular flexibility index (Phi) is 3.97. The molecule has 0 spiro atoms. The Morgan fingerprint density at radius 1 is 1.14 bits per heavy atom. The van der Waals surface area contributed by atoms with E-state index in [9.17, 15) is 4.79 Å². The number of amides is 1. The topological polar surface area (TPSA) is 69.0 Å². The van der Waals surface area contributed by atoms with E-state index in [0.717, 1.165) is 38.8 Å². The monoisotopic (exact) mass is 372 g/mol. The molecule has 1 N–H and O–H groups in total. The summed E-state index contributed by atoms with van der Waals surface area (Å²) in [6.45, 7) is 1.18. The maximum absolute atomic E-state index is 11.4. The third-order valence-corrected chi connectivity index (χ3v) is 5.28. The fourth-order valence-electron chi connectivity index (χ4n) is 3.74. The minimum atomic E-state index is 0.0949. The van der Waals surface area contributed by atoms with Crippen molar-refractivity contribution in [3.63, 3.8) is 0 Å². The average Bonchev–Trinajstić information content (AvgIpc) is 3.31. The zero-order chi connectivity index (χ0) is 19.1. The van der Waals surface area contributed by atoms with Crippen LogP contribution >= 0.6 is 0 Å². The highest BCUT2D eigenvalue weighted by Crippen LogP contribution is 2.33. The molecular weight excluding hydrogens is 352 g/mol. The summed E-state index contributed by atoms with van der Waals surface area (Å²) in [5.41, 5.74) is 5.05. The van der Waals surface area contributed by atoms with Crippen LogP contribution in [0, 0.1) is 5.92 Å². The van der Waals surface area contributed by atoms with Crippen molar-refractivity contribution < 1.29 is 9.53 Å². The van der Waals surface area contributed by atoms with Crippen molar-refractivity contribution in [2.45, 2.75) is 6.42 Å². The van der Waals surface area contributed by atoms with E-state index in [2.05, 4.69) is 45.6 Å². The van der Waals surface area contributed by atoms with Crippen molar-refractivity contribution in [2.75, 3.05) is 13.2 Å². The first kappa shape index (κ1) is 16.7. The maximum atomic E-state index is 11.4. The molecule has 28 heavy (non-hydrogen) atoms. The van der Waals surface area contributed by atoms with Crippen LogP contribution in [0.15, 0.2) is 55.0 Å². The first-order chi connectivity index (χ1) is 13.7. The van der Waals surface area contributed by atoms with E-state index in [1.807, 2.05) is 30.1 Å². The summed E-state index contributed by atoms with van der Waals surface area (Å²) in [6.07, 6.45) is 4.13. The molecular formula is C22H20N4O2. The molecule has 1 fully saturated rings. The van der Waals surface area contributed by atoms with Crippen LogP contribution in [-0.4, -0.2) is 33.6 Å². The molecule has 140 valence electrons. The van der Waals surface area contributed by atoms with Gasteiger partial charge in [-0.1, -0.05) is 6.07 Å². The smallest absolute Gasteiger partial charge is 0.220 e. The van der Waals surface area contributed by atoms with E-state index in [0.29, 0.717) is 19.6 Å². The number of benzene rings is 2. The number of nitrogens with one attached hydrogen (secondary N) is 1. The Morgan fingerprint density at radius 3 is 2.89 bits per heavy atom. The highest BCUT2D eigenvalue weighted by atomic mass is 16.5. The second kappa shape index (κ2) is 6.64. The summed E-state index contributed by atoms with van der Waals surface area (Å²) in [7, 11) is 1.99. The van der Waals surface area contributed by atoms with Gasteiger partial charge in [0.15, 0.2) is 0 Å². The molecule has 2 aromatic carbocycles. The van der Waals surface area contributed by atoms with Gasteiger partial charge in [0.05, 0.1) is 29.5 Å². The molecule has 0 aliphatic carbocycles. The zero-order valence-electron chi connectivity index (χ0n) is 15.6. The first-order valence-corrected chi connectivity index (χ1v) is 9.37. The Bertz CT molecular complexity index is 1200. The predicted octanol–water partition coefficient (Wildman–Crippen LogP) is 3.30. The van der Waals surface area contributed by atoms with Gasteiger partial charge in [-0.15, -0.1) is 0 Å². The third-order valence-electron chi connectivity index (χ3n) is 5.28. The molecule has 0 saturated carbocycles. The highest BCUT2D eigenvalue weighted by molar-refractivity contribution is 5.91. The summed E-state index contributed by atoms with van der Waals surface area (Å²) in [5, 5.41) is 3.83. The number of hydrogen-bond donors (Lipinski definition) is 1. The van der Waals surface area contributed by atoms with Crippen LogP contribution in [0.4, 0.5) is 0 Å². The summed E-state index contributed by atoms with van der Waals surface area (Å²) in [5.74, 6) is 1.09. The van der Waals surface area contributed by atoms with Crippen molar-refractivity contribution in [1.29, 1.82) is 0 Å². The van der Waals surface area contributed by atoms with Gasteiger partial charge < -0.3 is 14.6 Å². The van der Waals surface area contributed by atoms with Gasteiger partial charge in [0.2, 0.25) is 5.91 Å². The van der Waals surface area contributed by atoms with E-state index >= 15 is 0 Å². The molecule has 4 aromatic rings. The molecule has 1 saturated heterocycles. The van der Waals surface area contributed by atoms with Gasteiger partial charge in [-0.2, -0.15) is 0 Å². The molecule has 3 heterocycles. The van der Waals surface area contributed by atoms with E-state index < -0.39 is 0 Å². The summed E-state index contributed by atoms with van der Waals surface area (Å²) < 4.78 is 8.16. The van der Waals surface area contributed by atoms with E-state index in [4.69, 9.17) is 4.74 Å². The largest absolute Gasteiger partial charge is 0.492 e. The van der Waals surface area contributed by atoms with Crippen molar-refractivity contribution in [2.24, 2.45) is 13.0 Å². The number of fused-ring (bicyclic) bond motifs is 2. The van der Waals surface area contributed by atoms with Crippen LogP contribution in [-0.2, 0) is 11.8 Å². The highest BCUT2D eigenvalue weighted by Gasteiger charge is 2.22. The minimum Gasteiger partial charge on any atom is -0.492 e. The number of nitrogens with zero attached hydrogens (tertiary/aromatic N) is 3. The number of imidazole rings is 1. The van der Waals surface area contributed by atoms with Gasteiger partial charge in [-0.25, -0.2) is 4.98 Å². The van der Waals surface area contributed by atoms with E-state index in [1.165, 1.54) is 0 Å². The van der Waals surface area contributed by atoms with Crippen LogP contribution in [0.1, 0.15) is 6.42 Å². The molecule has 1 unspecified atom stereocenters. The molecule has 1 amide bonds. The number of aryl methyl sites for hydroxylation is 1. The summed E-state index contributed by atoms with van der Waals surface area (Å²) in [4.78, 5) is 20.4. The number of ether oxygens (including phenoxy) is 1. The number of aromatic nitrogens is 3. The first-order valence-electron chi connectivity index (χ1n) is 9.37. The molecule has 0 bridgehead atoms. The molecule has 1 atom stereocenters. The van der Waals surface area contributed by atoms with Gasteiger partial charge in [-0.3, -0.25) is 9.78 Å². The van der Waals surface area contributed by atoms with Crippen molar-refractivity contribution in [1.82, 2.24) is 19.9 Å². The van der Waals surface area contributed by atoms with E-state index in [-0.39, 0.29) is 11.8 Å². The van der Waals surface area contributed by atoms with Gasteiger partial charge in [0.1, 0.15) is 5.75 Å². The van der Waals surface area contributed by atoms with Crippen molar-refractivity contribution in [3.05, 3.63) is 55.0 Å². The molecule has 6 heteroatoms. The van der Waals surface area contributed by atoms with Crippen LogP contribution in [0.2, 0.25) is 0 Å². The molecule has 2 aromatic heterocycles. The number of rotatable bonds is 4. The van der Waals surface area contributed by atoms with Crippen LogP contribution in [0.5, 0.6) is 5.75 Å². The Morgan fingerprint density at radius 2 is 2.04 bits per heavy atom. The van der Waals surface area contributed by atoms with Crippen molar-refractivity contribution in [3.8, 4) is 16.9 Å². The number of pyridine rings is 1.